The van der Waals surface area contributed by atoms with E-state index in [-0.39, 0.29) is 5.78 Å². The molecule has 1 unspecified atom stereocenters. The molecule has 1 atom stereocenters. The second-order valence-electron chi connectivity index (χ2n) is 13.2. The Kier molecular flexibility index (Phi) is 31.3. The molecule has 2 heteroatoms. The van der Waals surface area contributed by atoms with Gasteiger partial charge in [-0.05, 0) is 19.3 Å². The van der Waals surface area contributed by atoms with Gasteiger partial charge in [-0.25, -0.2) is 0 Å². The molecule has 0 aliphatic heterocycles. The van der Waals surface area contributed by atoms with E-state index in [0.717, 1.165) is 32.0 Å². The summed E-state index contributed by atoms with van der Waals surface area (Å²) in [6.45, 7) is 8.42. The van der Waals surface area contributed by atoms with Crippen LogP contribution in [0.25, 0.3) is 0 Å². The minimum Gasteiger partial charge on any atom is -0.302 e. The van der Waals surface area contributed by atoms with Crippen molar-refractivity contribution >= 4 is 12.1 Å². The fourth-order valence-electron chi connectivity index (χ4n) is 6.33. The molecule has 0 fully saturated rings. The molecule has 0 amide bonds. The van der Waals surface area contributed by atoms with E-state index in [1.165, 1.54) is 161 Å². The molecule has 242 valence electrons. The average molecular weight is 575 g/mol. The maximum absolute atomic E-state index is 13.1. The Hall–Kier alpha value is -0.920. The first kappa shape index (κ1) is 40.1. The Morgan fingerprint density at radius 3 is 1.07 bits per heavy atom. The van der Waals surface area contributed by atoms with Crippen LogP contribution in [0.15, 0.2) is 12.7 Å². The summed E-state index contributed by atoms with van der Waals surface area (Å²) in [6.07, 6.45) is 42.9. The number of hydrogen-bond donors (Lipinski definition) is 0. The third-order valence-corrected chi connectivity index (χ3v) is 9.27. The van der Waals surface area contributed by atoms with Crippen molar-refractivity contribution in [2.45, 2.75) is 219 Å². The zero-order valence-corrected chi connectivity index (χ0v) is 28.3. The van der Waals surface area contributed by atoms with Crippen LogP contribution in [0.1, 0.15) is 219 Å². The van der Waals surface area contributed by atoms with Gasteiger partial charge in [0.15, 0.2) is 0 Å². The highest BCUT2D eigenvalue weighted by Gasteiger charge is 2.35. The maximum Gasteiger partial charge on any atom is 0.146 e. The highest BCUT2D eigenvalue weighted by molar-refractivity contribution is 5.98. The van der Waals surface area contributed by atoms with Crippen LogP contribution in [-0.4, -0.2) is 12.1 Å². The molecule has 0 saturated heterocycles. The van der Waals surface area contributed by atoms with E-state index in [1.54, 1.807) is 6.08 Å². The fraction of sp³-hybridized carbons (Fsp3) is 0.897. The summed E-state index contributed by atoms with van der Waals surface area (Å²) in [5.41, 5.74) is -0.811. The molecule has 0 rings (SSSR count). The Morgan fingerprint density at radius 1 is 0.488 bits per heavy atom. The summed E-state index contributed by atoms with van der Waals surface area (Å²) in [6, 6.07) is 0. The normalized spacial score (nSPS) is 12.8. The number of Topliss-reactive ketones (excluding diaryl/α,β-unsaturated/α-hetero) is 1. The molecule has 41 heavy (non-hydrogen) atoms. The van der Waals surface area contributed by atoms with Crippen LogP contribution in [0.5, 0.6) is 0 Å². The molecule has 0 aliphatic carbocycles. The minimum atomic E-state index is -0.811. The van der Waals surface area contributed by atoms with Crippen molar-refractivity contribution in [3.8, 4) is 0 Å². The molecule has 0 N–H and O–H groups in total. The molecule has 0 aliphatic rings. The van der Waals surface area contributed by atoms with Gasteiger partial charge in [0.05, 0.1) is 5.41 Å². The van der Waals surface area contributed by atoms with Crippen LogP contribution < -0.4 is 0 Å². The summed E-state index contributed by atoms with van der Waals surface area (Å²) < 4.78 is 0. The van der Waals surface area contributed by atoms with Gasteiger partial charge in [-0.1, -0.05) is 200 Å². The first-order valence-corrected chi connectivity index (χ1v) is 18.8. The highest BCUT2D eigenvalue weighted by atomic mass is 16.1. The molecular formula is C39H74O2. The Morgan fingerprint density at radius 2 is 0.780 bits per heavy atom. The van der Waals surface area contributed by atoms with Gasteiger partial charge in [0.2, 0.25) is 0 Å². The van der Waals surface area contributed by atoms with Gasteiger partial charge in [-0.15, -0.1) is 6.58 Å². The monoisotopic (exact) mass is 575 g/mol. The maximum atomic E-state index is 13.1. The summed E-state index contributed by atoms with van der Waals surface area (Å²) in [7, 11) is 0. The Balaban J connectivity index is 3.80. The van der Waals surface area contributed by atoms with Gasteiger partial charge < -0.3 is 4.79 Å². The van der Waals surface area contributed by atoms with Crippen molar-refractivity contribution in [2.75, 3.05) is 0 Å². The number of rotatable bonds is 35. The van der Waals surface area contributed by atoms with E-state index in [0.29, 0.717) is 19.3 Å². The first-order chi connectivity index (χ1) is 20.2. The molecule has 0 heterocycles. The van der Waals surface area contributed by atoms with E-state index in [9.17, 15) is 9.59 Å². The van der Waals surface area contributed by atoms with Gasteiger partial charge >= 0.3 is 0 Å². The van der Waals surface area contributed by atoms with E-state index in [4.69, 9.17) is 0 Å². The van der Waals surface area contributed by atoms with Crippen molar-refractivity contribution in [3.63, 3.8) is 0 Å². The largest absolute Gasteiger partial charge is 0.302 e. The van der Waals surface area contributed by atoms with Crippen molar-refractivity contribution in [1.82, 2.24) is 0 Å². The lowest BCUT2D eigenvalue weighted by molar-refractivity contribution is -0.135. The smallest absolute Gasteiger partial charge is 0.146 e. The first-order valence-electron chi connectivity index (χ1n) is 18.8. The van der Waals surface area contributed by atoms with E-state index >= 15 is 0 Å². The van der Waals surface area contributed by atoms with Crippen LogP contribution in [0.2, 0.25) is 0 Å². The number of hydrogen-bond acceptors (Lipinski definition) is 2. The number of carbonyl (C=O) groups excluding carboxylic acids is 2. The van der Waals surface area contributed by atoms with E-state index in [2.05, 4.69) is 20.4 Å². The summed E-state index contributed by atoms with van der Waals surface area (Å²) in [4.78, 5) is 25.2. The van der Waals surface area contributed by atoms with Crippen molar-refractivity contribution in [2.24, 2.45) is 5.41 Å². The quantitative estimate of drug-likeness (QED) is 0.0326. The molecule has 0 radical (unpaired) electrons. The lowest BCUT2D eigenvalue weighted by Crippen LogP contribution is -2.32. The predicted molar refractivity (Wildman–Crippen MR) is 183 cm³/mol. The van der Waals surface area contributed by atoms with Gasteiger partial charge in [0.25, 0.3) is 0 Å². The number of ketones is 1. The topological polar surface area (TPSA) is 34.1 Å². The Labute approximate surface area is 258 Å². The molecule has 2 nitrogen and oxygen atoms in total. The molecule has 0 saturated carbocycles. The lowest BCUT2D eigenvalue weighted by atomic mass is 9.75. The number of allylic oxidation sites excluding steroid dienone is 1. The third-order valence-electron chi connectivity index (χ3n) is 9.27. The summed E-state index contributed by atoms with van der Waals surface area (Å²) in [5.74, 6) is 0.164. The van der Waals surface area contributed by atoms with Gasteiger partial charge in [-0.2, -0.15) is 0 Å². The molecule has 0 spiro atoms. The molecular weight excluding hydrogens is 500 g/mol. The second kappa shape index (κ2) is 32.0. The van der Waals surface area contributed by atoms with E-state index in [1.807, 2.05) is 0 Å². The summed E-state index contributed by atoms with van der Waals surface area (Å²) in [5, 5.41) is 0. The average Bonchev–Trinajstić information content (AvgIpc) is 2.98. The highest BCUT2D eigenvalue weighted by Crippen LogP contribution is 2.31. The van der Waals surface area contributed by atoms with Crippen molar-refractivity contribution < 1.29 is 9.59 Å². The van der Waals surface area contributed by atoms with Crippen LogP contribution in [0.3, 0.4) is 0 Å². The standard InChI is InChI=1S/C39H74O2/c1-4-7-9-11-13-15-17-19-21-22-24-26-28-30-32-34-38(41)39(37-40,35-6-3)36-33-31-29-27-25-23-20-18-16-14-12-10-8-5-2/h6,37H,3-5,7-36H2,1-2H3. The zero-order chi connectivity index (χ0) is 30.1. The van der Waals surface area contributed by atoms with Crippen molar-refractivity contribution in [3.05, 3.63) is 12.7 Å². The zero-order valence-electron chi connectivity index (χ0n) is 28.3. The van der Waals surface area contributed by atoms with Crippen LogP contribution in [0, 0.1) is 5.41 Å². The number of carbonyl (C=O) groups is 2. The number of unbranched alkanes of at least 4 members (excludes halogenated alkanes) is 27. The van der Waals surface area contributed by atoms with Gasteiger partial charge in [0, 0.05) is 6.42 Å². The van der Waals surface area contributed by atoms with Crippen LogP contribution in [-0.2, 0) is 9.59 Å². The van der Waals surface area contributed by atoms with Gasteiger partial charge in [0.1, 0.15) is 12.1 Å². The molecule has 0 aromatic heterocycles. The number of aldehydes is 1. The SMILES string of the molecule is C=CCC(C=O)(CCCCCCCCCCCCCCCC)C(=O)CCCCCCCCCCCCCCCCC. The minimum absolute atomic E-state index is 0.164. The van der Waals surface area contributed by atoms with E-state index < -0.39 is 5.41 Å². The fourth-order valence-corrected chi connectivity index (χ4v) is 6.33. The molecule has 0 bridgehead atoms. The van der Waals surface area contributed by atoms with Crippen molar-refractivity contribution in [1.29, 1.82) is 0 Å². The van der Waals surface area contributed by atoms with Crippen LogP contribution >= 0.6 is 0 Å². The lowest BCUT2D eigenvalue weighted by Gasteiger charge is -2.25. The van der Waals surface area contributed by atoms with Crippen LogP contribution in [0.4, 0.5) is 0 Å². The molecule has 0 aromatic rings. The molecule has 0 aromatic carbocycles. The van der Waals surface area contributed by atoms with Gasteiger partial charge in [-0.3, -0.25) is 4.79 Å². The Bertz CT molecular complexity index is 568. The second-order valence-corrected chi connectivity index (χ2v) is 13.2. The third kappa shape index (κ3) is 25.3. The summed E-state index contributed by atoms with van der Waals surface area (Å²) >= 11 is 0. The predicted octanol–water partition coefficient (Wildman–Crippen LogP) is 13.4.